The van der Waals surface area contributed by atoms with Crippen LogP contribution < -0.4 is 20.3 Å². The number of hydrogen-bond acceptors (Lipinski definition) is 7. The van der Waals surface area contributed by atoms with Gasteiger partial charge in [0.05, 0.1) is 17.7 Å². The maximum atomic E-state index is 12.7. The molecule has 2 bridgehead atoms. The van der Waals surface area contributed by atoms with Gasteiger partial charge in [-0.05, 0) is 31.4 Å². The normalized spacial score (nSPS) is 19.6. The minimum atomic E-state index is -0.228. The fourth-order valence-corrected chi connectivity index (χ4v) is 4.15. The smallest absolute Gasteiger partial charge is 0.259 e. The summed E-state index contributed by atoms with van der Waals surface area (Å²) in [4.78, 5) is 37.7. The first-order valence-electron chi connectivity index (χ1n) is 11.8. The zero-order valence-corrected chi connectivity index (χ0v) is 19.8. The lowest BCUT2D eigenvalue weighted by Crippen LogP contribution is -2.30. The van der Waals surface area contributed by atoms with Gasteiger partial charge in [0, 0.05) is 51.6 Å². The fraction of sp³-hybridized carbons (Fsp3) is 0.440. The molecule has 0 unspecified atom stereocenters. The van der Waals surface area contributed by atoms with Crippen molar-refractivity contribution in [1.29, 1.82) is 0 Å². The molecule has 0 saturated heterocycles. The first kappa shape index (κ1) is 23.5. The SMILES string of the molecule is CN1CCCN(C)c2ncnc3c2/C(=C/Nc2cccc(c2)OCCCCCCC1=O)C(=O)N3. The zero-order chi connectivity index (χ0) is 23.9. The van der Waals surface area contributed by atoms with E-state index < -0.39 is 0 Å². The van der Waals surface area contributed by atoms with E-state index in [1.807, 2.05) is 43.3 Å². The Morgan fingerprint density at radius 2 is 1.79 bits per heavy atom. The number of carbonyl (C=O) groups is 2. The molecule has 2 aliphatic rings. The van der Waals surface area contributed by atoms with Crippen molar-refractivity contribution in [3.63, 3.8) is 0 Å². The summed E-state index contributed by atoms with van der Waals surface area (Å²) in [5.74, 6) is 1.89. The molecular weight excluding hydrogens is 432 g/mol. The quantitative estimate of drug-likeness (QED) is 0.615. The van der Waals surface area contributed by atoms with Crippen molar-refractivity contribution in [2.24, 2.45) is 0 Å². The maximum absolute atomic E-state index is 12.7. The first-order valence-corrected chi connectivity index (χ1v) is 11.8. The van der Waals surface area contributed by atoms with Crippen molar-refractivity contribution in [3.05, 3.63) is 42.4 Å². The molecule has 9 heteroatoms. The number of aromatic nitrogens is 2. The monoisotopic (exact) mass is 464 g/mol. The maximum Gasteiger partial charge on any atom is 0.259 e. The van der Waals surface area contributed by atoms with Crippen LogP contribution in [0.1, 0.15) is 44.1 Å². The van der Waals surface area contributed by atoms with Crippen molar-refractivity contribution in [3.8, 4) is 5.75 Å². The molecule has 0 saturated carbocycles. The summed E-state index contributed by atoms with van der Waals surface area (Å²) in [6.07, 6.45) is 8.39. The number of nitrogens with zero attached hydrogens (tertiary/aromatic N) is 4. The van der Waals surface area contributed by atoms with Crippen LogP contribution in [0.25, 0.3) is 5.57 Å². The van der Waals surface area contributed by atoms with Crippen LogP contribution in [-0.4, -0.2) is 60.5 Å². The number of hydrogen-bond donors (Lipinski definition) is 2. The zero-order valence-electron chi connectivity index (χ0n) is 19.8. The van der Waals surface area contributed by atoms with Gasteiger partial charge in [0.15, 0.2) is 0 Å². The Hall–Kier alpha value is -3.62. The molecule has 2 N–H and O–H groups in total. The van der Waals surface area contributed by atoms with E-state index in [0.29, 0.717) is 48.9 Å². The van der Waals surface area contributed by atoms with E-state index in [4.69, 9.17) is 4.74 Å². The van der Waals surface area contributed by atoms with Crippen LogP contribution in [0.3, 0.4) is 0 Å². The second-order valence-corrected chi connectivity index (χ2v) is 8.71. The molecule has 34 heavy (non-hydrogen) atoms. The predicted octanol–water partition coefficient (Wildman–Crippen LogP) is 3.51. The van der Waals surface area contributed by atoms with Crippen LogP contribution >= 0.6 is 0 Å². The summed E-state index contributed by atoms with van der Waals surface area (Å²) in [7, 11) is 3.80. The lowest BCUT2D eigenvalue weighted by Gasteiger charge is -2.23. The van der Waals surface area contributed by atoms with E-state index in [2.05, 4.69) is 20.6 Å². The van der Waals surface area contributed by atoms with Crippen LogP contribution in [0.2, 0.25) is 0 Å². The Labute approximate surface area is 200 Å². The predicted molar refractivity (Wildman–Crippen MR) is 133 cm³/mol. The number of fused-ring (bicyclic) bond motifs is 2. The Bertz CT molecular complexity index is 1070. The molecule has 1 aromatic carbocycles. The average molecular weight is 465 g/mol. The molecule has 3 heterocycles. The summed E-state index contributed by atoms with van der Waals surface area (Å²) in [6, 6.07) is 7.67. The van der Waals surface area contributed by atoms with Crippen molar-refractivity contribution >= 4 is 34.7 Å². The molecule has 0 spiro atoms. The van der Waals surface area contributed by atoms with E-state index in [1.165, 1.54) is 6.33 Å². The summed E-state index contributed by atoms with van der Waals surface area (Å²) >= 11 is 0. The Morgan fingerprint density at radius 1 is 0.971 bits per heavy atom. The molecule has 4 rings (SSSR count). The summed E-state index contributed by atoms with van der Waals surface area (Å²) in [6.45, 7) is 1.98. The summed E-state index contributed by atoms with van der Waals surface area (Å²) in [5.41, 5.74) is 1.97. The van der Waals surface area contributed by atoms with E-state index in [1.54, 1.807) is 11.1 Å². The Balaban J connectivity index is 1.59. The van der Waals surface area contributed by atoms with Gasteiger partial charge in [-0.25, -0.2) is 9.97 Å². The van der Waals surface area contributed by atoms with Gasteiger partial charge < -0.3 is 25.2 Å². The number of nitrogens with one attached hydrogen (secondary N) is 2. The van der Waals surface area contributed by atoms with Gasteiger partial charge in [-0.3, -0.25) is 9.59 Å². The largest absolute Gasteiger partial charge is 0.494 e. The second-order valence-electron chi connectivity index (χ2n) is 8.71. The lowest BCUT2D eigenvalue weighted by atomic mass is 10.1. The van der Waals surface area contributed by atoms with E-state index in [9.17, 15) is 9.59 Å². The molecule has 0 radical (unpaired) electrons. The molecule has 1 aromatic heterocycles. The van der Waals surface area contributed by atoms with E-state index in [-0.39, 0.29) is 11.8 Å². The van der Waals surface area contributed by atoms with E-state index in [0.717, 1.165) is 43.5 Å². The highest BCUT2D eigenvalue weighted by Gasteiger charge is 2.30. The van der Waals surface area contributed by atoms with Gasteiger partial charge >= 0.3 is 0 Å². The number of anilines is 3. The van der Waals surface area contributed by atoms with Crippen molar-refractivity contribution in [1.82, 2.24) is 14.9 Å². The van der Waals surface area contributed by atoms with Gasteiger partial charge in [0.2, 0.25) is 5.91 Å². The molecule has 2 aromatic rings. The summed E-state index contributed by atoms with van der Waals surface area (Å²) in [5, 5.41) is 6.05. The number of carbonyl (C=O) groups excluding carboxylic acids is 2. The second kappa shape index (κ2) is 11.0. The minimum absolute atomic E-state index is 0.177. The molecule has 2 amide bonds. The highest BCUT2D eigenvalue weighted by molar-refractivity contribution is 6.32. The molecule has 9 nitrogen and oxygen atoms in total. The highest BCUT2D eigenvalue weighted by atomic mass is 16.5. The van der Waals surface area contributed by atoms with Gasteiger partial charge in [-0.15, -0.1) is 0 Å². The number of rotatable bonds is 0. The van der Waals surface area contributed by atoms with Crippen LogP contribution in [0, 0.1) is 0 Å². The topological polar surface area (TPSA) is 99.7 Å². The highest BCUT2D eigenvalue weighted by Crippen LogP contribution is 2.36. The van der Waals surface area contributed by atoms with Gasteiger partial charge in [-0.2, -0.15) is 0 Å². The Kier molecular flexibility index (Phi) is 7.61. The van der Waals surface area contributed by atoms with Crippen LogP contribution in [0.4, 0.5) is 17.3 Å². The van der Waals surface area contributed by atoms with E-state index >= 15 is 0 Å². The molecule has 0 fully saturated rings. The molecule has 180 valence electrons. The van der Waals surface area contributed by atoms with Crippen molar-refractivity contribution in [2.45, 2.75) is 38.5 Å². The Morgan fingerprint density at radius 3 is 2.68 bits per heavy atom. The summed E-state index contributed by atoms with van der Waals surface area (Å²) < 4.78 is 5.90. The first-order chi connectivity index (χ1) is 16.5. The standard InChI is InChI=1S/C25H32N6O3/c1-30-12-8-13-31(2)24-22-20(25(33)29-23(22)27-17-28-24)16-26-18-9-7-10-19(15-18)34-14-6-4-3-5-11-21(30)32/h7,9-10,15-17,26H,3-6,8,11-14H2,1-2H3,(H,27,28,29,33)/b20-16-. The third kappa shape index (κ3) is 5.65. The van der Waals surface area contributed by atoms with Gasteiger partial charge in [0.25, 0.3) is 5.91 Å². The third-order valence-electron chi connectivity index (χ3n) is 6.12. The van der Waals surface area contributed by atoms with Crippen molar-refractivity contribution < 1.29 is 14.3 Å². The molecular formula is C25H32N6O3. The van der Waals surface area contributed by atoms with Crippen LogP contribution in [0.15, 0.2) is 36.8 Å². The number of benzene rings is 1. The van der Waals surface area contributed by atoms with Crippen LogP contribution in [-0.2, 0) is 9.59 Å². The molecule has 0 atom stereocenters. The number of amides is 2. The van der Waals surface area contributed by atoms with Crippen LogP contribution in [0.5, 0.6) is 5.75 Å². The van der Waals surface area contributed by atoms with Gasteiger partial charge in [-0.1, -0.05) is 18.9 Å². The lowest BCUT2D eigenvalue weighted by molar-refractivity contribution is -0.130. The molecule has 2 aliphatic heterocycles. The third-order valence-corrected chi connectivity index (χ3v) is 6.12. The number of ether oxygens (including phenoxy) is 1. The minimum Gasteiger partial charge on any atom is -0.494 e. The van der Waals surface area contributed by atoms with Gasteiger partial charge in [0.1, 0.15) is 23.7 Å². The fourth-order valence-electron chi connectivity index (χ4n) is 4.15. The average Bonchev–Trinajstić information content (AvgIpc) is 3.16. The molecule has 0 aliphatic carbocycles. The van der Waals surface area contributed by atoms with Crippen molar-refractivity contribution in [2.75, 3.05) is 49.3 Å².